The van der Waals surface area contributed by atoms with Gasteiger partial charge in [-0.2, -0.15) is 0 Å². The van der Waals surface area contributed by atoms with Gasteiger partial charge < -0.3 is 9.47 Å². The Morgan fingerprint density at radius 3 is 2.65 bits per heavy atom. The van der Waals surface area contributed by atoms with Crippen molar-refractivity contribution in [3.8, 4) is 5.75 Å². The molecule has 1 N–H and O–H groups in total. The van der Waals surface area contributed by atoms with E-state index in [-0.39, 0.29) is 23.9 Å². The van der Waals surface area contributed by atoms with Crippen molar-refractivity contribution in [1.82, 2.24) is 10.2 Å². The molecule has 1 saturated carbocycles. The first kappa shape index (κ1) is 22.1. The maximum atomic E-state index is 13.1. The number of carbonyl (C=O) groups excluding carboxylic acids is 2. The summed E-state index contributed by atoms with van der Waals surface area (Å²) in [5, 5.41) is 2.71. The molecule has 1 aliphatic carbocycles. The number of guanidine groups is 1. The summed E-state index contributed by atoms with van der Waals surface area (Å²) in [4.78, 5) is 32.0. The van der Waals surface area contributed by atoms with Crippen LogP contribution < -0.4 is 10.1 Å². The van der Waals surface area contributed by atoms with E-state index in [0.717, 1.165) is 41.5 Å². The largest absolute Gasteiger partial charge is 0.487 e. The van der Waals surface area contributed by atoms with Crippen LogP contribution in [0.5, 0.6) is 5.75 Å². The van der Waals surface area contributed by atoms with Crippen LogP contribution >= 0.6 is 15.9 Å². The first-order valence-electron chi connectivity index (χ1n) is 10.9. The van der Waals surface area contributed by atoms with Gasteiger partial charge in [-0.3, -0.25) is 15.0 Å². The molecule has 168 valence electrons. The number of rotatable bonds is 0. The highest BCUT2D eigenvalue weighted by Crippen LogP contribution is 2.53. The lowest BCUT2D eigenvalue weighted by molar-refractivity contribution is -0.130. The number of benzene rings is 1. The van der Waals surface area contributed by atoms with E-state index in [4.69, 9.17) is 14.5 Å². The summed E-state index contributed by atoms with van der Waals surface area (Å²) in [7, 11) is 1.63. The van der Waals surface area contributed by atoms with Gasteiger partial charge in [0.2, 0.25) is 11.9 Å². The molecule has 2 spiro atoms. The molecule has 2 heterocycles. The van der Waals surface area contributed by atoms with Gasteiger partial charge in [-0.15, -0.1) is 0 Å². The van der Waals surface area contributed by atoms with Crippen molar-refractivity contribution in [2.24, 2.45) is 4.99 Å². The van der Waals surface area contributed by atoms with Crippen molar-refractivity contribution in [1.29, 1.82) is 0 Å². The van der Waals surface area contributed by atoms with Crippen molar-refractivity contribution in [2.75, 3.05) is 7.05 Å². The van der Waals surface area contributed by atoms with E-state index in [0.29, 0.717) is 6.42 Å². The second kappa shape index (κ2) is 7.80. The summed E-state index contributed by atoms with van der Waals surface area (Å²) in [5.74, 6) is 0.887. The number of amides is 2. The average Bonchev–Trinajstić information content (AvgIpc) is 2.66. The number of alkyl carbamates (subject to hydrolysis) is 1. The summed E-state index contributed by atoms with van der Waals surface area (Å²) >= 11 is 3.55. The van der Waals surface area contributed by atoms with Crippen molar-refractivity contribution >= 4 is 33.9 Å². The molecule has 0 bridgehead atoms. The number of nitrogens with one attached hydrogen (secondary N) is 1. The van der Waals surface area contributed by atoms with Gasteiger partial charge in [0.15, 0.2) is 0 Å². The van der Waals surface area contributed by atoms with Gasteiger partial charge in [-0.05, 0) is 64.7 Å². The lowest BCUT2D eigenvalue weighted by Crippen LogP contribution is -2.56. The molecular weight excluding hydrogens is 462 g/mol. The smallest absolute Gasteiger partial charge is 0.414 e. The number of aliphatic imine (C=N–C) groups is 1. The molecule has 2 aliphatic heterocycles. The van der Waals surface area contributed by atoms with E-state index < -0.39 is 17.2 Å². The predicted octanol–water partition coefficient (Wildman–Crippen LogP) is 4.87. The van der Waals surface area contributed by atoms with E-state index in [2.05, 4.69) is 21.2 Å². The number of nitrogens with zero attached hydrogens (tertiary/aromatic N) is 2. The number of hydrogen-bond donors (Lipinski definition) is 1. The second-order valence-electron chi connectivity index (χ2n) is 9.89. The van der Waals surface area contributed by atoms with E-state index in [9.17, 15) is 9.59 Å². The number of fused-ring (bicyclic) bond motifs is 2. The molecule has 2 amide bonds. The van der Waals surface area contributed by atoms with Gasteiger partial charge in [0, 0.05) is 23.5 Å². The van der Waals surface area contributed by atoms with Gasteiger partial charge in [0.1, 0.15) is 22.5 Å². The minimum Gasteiger partial charge on any atom is -0.487 e. The zero-order valence-electron chi connectivity index (χ0n) is 18.6. The molecule has 0 radical (unpaired) electrons. The SMILES string of the molecule is CN1C(=O)CC2(CC3(CCCCC3)Oc3ccc(Br)cc32)N=C1NC(=O)OC(C)(C)C. The molecule has 1 fully saturated rings. The third kappa shape index (κ3) is 4.45. The van der Waals surface area contributed by atoms with E-state index >= 15 is 0 Å². The first-order valence-corrected chi connectivity index (χ1v) is 11.7. The van der Waals surface area contributed by atoms with Crippen LogP contribution in [-0.4, -0.2) is 41.1 Å². The van der Waals surface area contributed by atoms with Crippen LogP contribution in [0.1, 0.15) is 71.3 Å². The van der Waals surface area contributed by atoms with Crippen LogP contribution in [0, 0.1) is 0 Å². The third-order valence-electron chi connectivity index (χ3n) is 6.22. The molecule has 1 aromatic carbocycles. The molecule has 1 atom stereocenters. The van der Waals surface area contributed by atoms with Crippen LogP contribution in [-0.2, 0) is 15.1 Å². The Bertz CT molecular complexity index is 933. The fraction of sp³-hybridized carbons (Fsp3) is 0.609. The highest BCUT2D eigenvalue weighted by atomic mass is 79.9. The summed E-state index contributed by atoms with van der Waals surface area (Å²) < 4.78 is 12.9. The van der Waals surface area contributed by atoms with E-state index in [1.165, 1.54) is 11.3 Å². The summed E-state index contributed by atoms with van der Waals surface area (Å²) in [6.07, 6.45) is 5.50. The zero-order valence-corrected chi connectivity index (χ0v) is 20.2. The number of ether oxygens (including phenoxy) is 2. The third-order valence-corrected chi connectivity index (χ3v) is 6.71. The van der Waals surface area contributed by atoms with Crippen molar-refractivity contribution in [3.63, 3.8) is 0 Å². The minimum absolute atomic E-state index is 0.0974. The van der Waals surface area contributed by atoms with Gasteiger partial charge in [-0.1, -0.05) is 22.4 Å². The Hall–Kier alpha value is -2.09. The second-order valence-corrected chi connectivity index (χ2v) is 10.8. The molecule has 7 nitrogen and oxygen atoms in total. The van der Waals surface area contributed by atoms with Crippen LogP contribution in [0.2, 0.25) is 0 Å². The van der Waals surface area contributed by atoms with E-state index in [1.54, 1.807) is 27.8 Å². The topological polar surface area (TPSA) is 80.2 Å². The molecule has 4 rings (SSSR count). The number of carbonyl (C=O) groups is 2. The van der Waals surface area contributed by atoms with Crippen LogP contribution in [0.3, 0.4) is 0 Å². The molecule has 31 heavy (non-hydrogen) atoms. The summed E-state index contributed by atoms with van der Waals surface area (Å²) in [6.45, 7) is 5.39. The van der Waals surface area contributed by atoms with Crippen molar-refractivity contribution in [2.45, 2.75) is 82.5 Å². The summed E-state index contributed by atoms with van der Waals surface area (Å²) in [5.41, 5.74) is -0.900. The van der Waals surface area contributed by atoms with Crippen LogP contribution in [0.4, 0.5) is 4.79 Å². The molecule has 8 heteroatoms. The average molecular weight is 492 g/mol. The highest BCUT2D eigenvalue weighted by molar-refractivity contribution is 9.10. The van der Waals surface area contributed by atoms with E-state index in [1.807, 2.05) is 18.2 Å². The Labute approximate surface area is 191 Å². The molecule has 0 saturated heterocycles. The Morgan fingerprint density at radius 2 is 1.97 bits per heavy atom. The maximum Gasteiger partial charge on any atom is 0.414 e. The monoisotopic (exact) mass is 491 g/mol. The summed E-state index contributed by atoms with van der Waals surface area (Å²) in [6, 6.07) is 5.89. The standard InChI is InChI=1S/C23H30BrN3O4/c1-21(2,3)31-20(29)25-19-26-23(13-18(28)27(19)4)14-22(10-6-5-7-11-22)30-17-9-8-15(24)12-16(17)23/h8-9,12H,5-7,10-11,13-14H2,1-4H3,(H,25,26,29). The number of hydrogen-bond acceptors (Lipinski definition) is 5. The quantitative estimate of drug-likeness (QED) is 0.560. The molecule has 1 unspecified atom stereocenters. The normalized spacial score (nSPS) is 25.0. The minimum atomic E-state index is -0.789. The maximum absolute atomic E-state index is 13.1. The lowest BCUT2D eigenvalue weighted by atomic mass is 9.69. The fourth-order valence-corrected chi connectivity index (χ4v) is 5.26. The fourth-order valence-electron chi connectivity index (χ4n) is 4.90. The Morgan fingerprint density at radius 1 is 1.26 bits per heavy atom. The van der Waals surface area contributed by atoms with Crippen molar-refractivity contribution in [3.05, 3.63) is 28.2 Å². The molecule has 3 aliphatic rings. The highest BCUT2D eigenvalue weighted by Gasteiger charge is 2.53. The Balaban J connectivity index is 1.78. The predicted molar refractivity (Wildman–Crippen MR) is 121 cm³/mol. The first-order chi connectivity index (χ1) is 14.5. The zero-order chi connectivity index (χ0) is 22.4. The molecule has 1 aromatic rings. The van der Waals surface area contributed by atoms with Gasteiger partial charge in [0.05, 0.1) is 6.42 Å². The number of halogens is 1. The van der Waals surface area contributed by atoms with Gasteiger partial charge in [-0.25, -0.2) is 9.79 Å². The van der Waals surface area contributed by atoms with Crippen LogP contribution in [0.25, 0.3) is 0 Å². The Kier molecular flexibility index (Phi) is 5.56. The lowest BCUT2D eigenvalue weighted by Gasteiger charge is -2.50. The van der Waals surface area contributed by atoms with Crippen molar-refractivity contribution < 1.29 is 19.1 Å². The van der Waals surface area contributed by atoms with Crippen LogP contribution in [0.15, 0.2) is 27.7 Å². The molecule has 0 aromatic heterocycles. The molecular formula is C23H30BrN3O4. The van der Waals surface area contributed by atoms with Gasteiger partial charge >= 0.3 is 6.09 Å². The van der Waals surface area contributed by atoms with Gasteiger partial charge in [0.25, 0.3) is 0 Å².